The van der Waals surface area contributed by atoms with Gasteiger partial charge in [0.05, 0.1) is 20.3 Å². The molecule has 1 aliphatic rings. The zero-order valence-electron chi connectivity index (χ0n) is 10.5. The van der Waals surface area contributed by atoms with Crippen LogP contribution >= 0.6 is 15.9 Å². The van der Waals surface area contributed by atoms with Gasteiger partial charge in [-0.15, -0.1) is 0 Å². The summed E-state index contributed by atoms with van der Waals surface area (Å²) < 4.78 is 27.1. The first kappa shape index (κ1) is 15.2. The van der Waals surface area contributed by atoms with Gasteiger partial charge in [0, 0.05) is 12.6 Å². The Morgan fingerprint density at radius 2 is 2.20 bits per heavy atom. The Morgan fingerprint density at radius 3 is 2.80 bits per heavy atom. The van der Waals surface area contributed by atoms with Crippen LogP contribution in [0.15, 0.2) is 22.7 Å². The number of nitro benzene ring substituents is 1. The fraction of sp³-hybridized carbons (Fsp3) is 0.455. The van der Waals surface area contributed by atoms with Gasteiger partial charge < -0.3 is 5.32 Å². The standard InChI is InChI=1S/C11H14BrN3O4S/c12-10-4-3-8(6-11(10)15(16)17)14-20(18,19)9-2-1-5-13-7-9/h3-4,6,9,13-14H,1-2,5,7H2. The first-order valence-corrected chi connectivity index (χ1v) is 8.40. The zero-order chi connectivity index (χ0) is 14.8. The van der Waals surface area contributed by atoms with Crippen LogP contribution in [-0.2, 0) is 10.0 Å². The average Bonchev–Trinajstić information content (AvgIpc) is 2.41. The minimum atomic E-state index is -3.54. The SMILES string of the molecule is O=[N+]([O-])c1cc(NS(=O)(=O)C2CCCNC2)ccc1Br. The smallest absolute Gasteiger partial charge is 0.285 e. The molecule has 1 aromatic rings. The number of rotatable bonds is 4. The number of nitro groups is 1. The highest BCUT2D eigenvalue weighted by Crippen LogP contribution is 2.28. The molecule has 1 aliphatic heterocycles. The lowest BCUT2D eigenvalue weighted by molar-refractivity contribution is -0.385. The number of hydrogen-bond donors (Lipinski definition) is 2. The maximum atomic E-state index is 12.2. The van der Waals surface area contributed by atoms with E-state index in [1.54, 1.807) is 0 Å². The Morgan fingerprint density at radius 1 is 1.45 bits per heavy atom. The summed E-state index contributed by atoms with van der Waals surface area (Å²) in [5.41, 5.74) is 0.0254. The molecule has 0 radical (unpaired) electrons. The summed E-state index contributed by atoms with van der Waals surface area (Å²) in [7, 11) is -3.54. The third-order valence-corrected chi connectivity index (χ3v) is 5.56. The molecule has 2 N–H and O–H groups in total. The number of hydrogen-bond acceptors (Lipinski definition) is 5. The second-order valence-electron chi connectivity index (χ2n) is 4.54. The summed E-state index contributed by atoms with van der Waals surface area (Å²) in [6.07, 6.45) is 1.38. The van der Waals surface area contributed by atoms with Crippen LogP contribution < -0.4 is 10.0 Å². The molecule has 1 aromatic carbocycles. The minimum Gasteiger partial charge on any atom is -0.315 e. The van der Waals surface area contributed by atoms with Crippen molar-refractivity contribution in [2.45, 2.75) is 18.1 Å². The van der Waals surface area contributed by atoms with Gasteiger partial charge in [-0.1, -0.05) is 0 Å². The van der Waals surface area contributed by atoms with E-state index in [1.807, 2.05) is 0 Å². The van der Waals surface area contributed by atoms with Gasteiger partial charge >= 0.3 is 0 Å². The lowest BCUT2D eigenvalue weighted by Gasteiger charge is -2.23. The molecule has 110 valence electrons. The third kappa shape index (κ3) is 3.47. The van der Waals surface area contributed by atoms with Gasteiger partial charge in [0.15, 0.2) is 0 Å². The van der Waals surface area contributed by atoms with Crippen molar-refractivity contribution < 1.29 is 13.3 Å². The van der Waals surface area contributed by atoms with E-state index in [4.69, 9.17) is 0 Å². The van der Waals surface area contributed by atoms with E-state index >= 15 is 0 Å². The molecule has 9 heteroatoms. The summed E-state index contributed by atoms with van der Waals surface area (Å²) in [6.45, 7) is 1.21. The van der Waals surface area contributed by atoms with Crippen molar-refractivity contribution in [2.24, 2.45) is 0 Å². The van der Waals surface area contributed by atoms with Crippen LogP contribution in [0.3, 0.4) is 0 Å². The van der Waals surface area contributed by atoms with Crippen LogP contribution in [-0.4, -0.2) is 31.7 Å². The molecule has 0 bridgehead atoms. The van der Waals surface area contributed by atoms with Crippen molar-refractivity contribution in [1.82, 2.24) is 5.32 Å². The number of halogens is 1. The molecule has 1 saturated heterocycles. The summed E-state index contributed by atoms with van der Waals surface area (Å²) in [5.74, 6) is 0. The van der Waals surface area contributed by atoms with Crippen LogP contribution in [0.25, 0.3) is 0 Å². The summed E-state index contributed by atoms with van der Waals surface area (Å²) in [4.78, 5) is 10.3. The maximum Gasteiger partial charge on any atom is 0.285 e. The highest BCUT2D eigenvalue weighted by molar-refractivity contribution is 9.10. The molecule has 0 amide bonds. The third-order valence-electron chi connectivity index (χ3n) is 3.09. The summed E-state index contributed by atoms with van der Waals surface area (Å²) in [6, 6.07) is 4.15. The Kier molecular flexibility index (Phi) is 4.61. The molecule has 2 rings (SSSR count). The van der Waals surface area contributed by atoms with Gasteiger partial charge in [-0.3, -0.25) is 14.8 Å². The monoisotopic (exact) mass is 363 g/mol. The average molecular weight is 364 g/mol. The van der Waals surface area contributed by atoms with Crippen molar-refractivity contribution in [3.8, 4) is 0 Å². The van der Waals surface area contributed by atoms with Crippen LogP contribution in [0.2, 0.25) is 0 Å². The van der Waals surface area contributed by atoms with Gasteiger partial charge in [-0.25, -0.2) is 8.42 Å². The topological polar surface area (TPSA) is 101 Å². The Labute approximate surface area is 125 Å². The molecule has 0 saturated carbocycles. The molecular weight excluding hydrogens is 350 g/mol. The van der Waals surface area contributed by atoms with Crippen LogP contribution in [0.1, 0.15) is 12.8 Å². The van der Waals surface area contributed by atoms with E-state index in [9.17, 15) is 18.5 Å². The van der Waals surface area contributed by atoms with E-state index in [0.717, 1.165) is 13.0 Å². The van der Waals surface area contributed by atoms with Gasteiger partial charge in [0.1, 0.15) is 0 Å². The molecule has 0 spiro atoms. The molecule has 0 aliphatic carbocycles. The number of sulfonamides is 1. The Bertz CT molecular complexity index is 614. The summed E-state index contributed by atoms with van der Waals surface area (Å²) >= 11 is 3.06. The van der Waals surface area contributed by atoms with Crippen LogP contribution in [0, 0.1) is 10.1 Å². The second kappa shape index (κ2) is 6.06. The fourth-order valence-electron chi connectivity index (χ4n) is 2.05. The minimum absolute atomic E-state index is 0.174. The van der Waals surface area contributed by atoms with Gasteiger partial charge in [0.25, 0.3) is 5.69 Å². The van der Waals surface area contributed by atoms with E-state index in [2.05, 4.69) is 26.0 Å². The van der Waals surface area contributed by atoms with Gasteiger partial charge in [-0.2, -0.15) is 0 Å². The number of nitrogens with one attached hydrogen (secondary N) is 2. The molecule has 1 heterocycles. The number of benzene rings is 1. The molecular formula is C11H14BrN3O4S. The van der Waals surface area contributed by atoms with Crippen molar-refractivity contribution in [2.75, 3.05) is 17.8 Å². The quantitative estimate of drug-likeness (QED) is 0.627. The van der Waals surface area contributed by atoms with Gasteiger partial charge in [0.2, 0.25) is 10.0 Å². The first-order chi connectivity index (χ1) is 9.40. The van der Waals surface area contributed by atoms with Crippen molar-refractivity contribution >= 4 is 37.3 Å². The Balaban J connectivity index is 2.20. The fourth-order valence-corrected chi connectivity index (χ4v) is 3.88. The number of anilines is 1. The molecule has 1 unspecified atom stereocenters. The van der Waals surface area contributed by atoms with Crippen molar-refractivity contribution in [3.05, 3.63) is 32.8 Å². The van der Waals surface area contributed by atoms with Crippen LogP contribution in [0.4, 0.5) is 11.4 Å². The normalized spacial score (nSPS) is 19.6. The summed E-state index contributed by atoms with van der Waals surface area (Å²) in [5, 5.41) is 13.3. The lowest BCUT2D eigenvalue weighted by atomic mass is 10.2. The highest BCUT2D eigenvalue weighted by atomic mass is 79.9. The molecule has 7 nitrogen and oxygen atoms in total. The largest absolute Gasteiger partial charge is 0.315 e. The van der Waals surface area contributed by atoms with E-state index < -0.39 is 20.2 Å². The van der Waals surface area contributed by atoms with Gasteiger partial charge in [-0.05, 0) is 47.4 Å². The lowest BCUT2D eigenvalue weighted by Crippen LogP contribution is -2.41. The number of nitrogens with zero attached hydrogens (tertiary/aromatic N) is 1. The van der Waals surface area contributed by atoms with Crippen molar-refractivity contribution in [1.29, 1.82) is 0 Å². The Hall–Kier alpha value is -1.19. The van der Waals surface area contributed by atoms with E-state index in [0.29, 0.717) is 17.4 Å². The zero-order valence-corrected chi connectivity index (χ0v) is 12.9. The highest BCUT2D eigenvalue weighted by Gasteiger charge is 2.27. The van der Waals surface area contributed by atoms with Crippen molar-refractivity contribution in [3.63, 3.8) is 0 Å². The maximum absolute atomic E-state index is 12.2. The first-order valence-electron chi connectivity index (χ1n) is 6.06. The predicted molar refractivity (Wildman–Crippen MR) is 79.2 cm³/mol. The second-order valence-corrected chi connectivity index (χ2v) is 7.35. The predicted octanol–water partition coefficient (Wildman–Crippen LogP) is 1.85. The van der Waals surface area contributed by atoms with Crippen LogP contribution in [0.5, 0.6) is 0 Å². The number of piperidine rings is 1. The van der Waals surface area contributed by atoms with E-state index in [-0.39, 0.29) is 11.4 Å². The molecule has 1 fully saturated rings. The van der Waals surface area contributed by atoms with E-state index in [1.165, 1.54) is 18.2 Å². The molecule has 0 aromatic heterocycles. The molecule has 20 heavy (non-hydrogen) atoms. The molecule has 1 atom stereocenters.